The van der Waals surface area contributed by atoms with Crippen LogP contribution in [0.3, 0.4) is 0 Å². The lowest BCUT2D eigenvalue weighted by molar-refractivity contribution is -0.134. The number of hydrogen-bond acceptors (Lipinski definition) is 6. The van der Waals surface area contributed by atoms with Crippen LogP contribution in [0.5, 0.6) is 0 Å². The van der Waals surface area contributed by atoms with Crippen LogP contribution in [0.2, 0.25) is 5.02 Å². The molecular weight excluding hydrogens is 782 g/mol. The summed E-state index contributed by atoms with van der Waals surface area (Å²) in [6.07, 6.45) is 3.83. The number of aromatic amines is 1. The highest BCUT2D eigenvalue weighted by atomic mass is 35.5. The molecule has 5 aromatic rings. The van der Waals surface area contributed by atoms with E-state index < -0.39 is 47.8 Å². The maximum atomic E-state index is 14.3. The number of nitrogens with two attached hydrogens (primary N) is 3. The van der Waals surface area contributed by atoms with Gasteiger partial charge >= 0.3 is 0 Å². The lowest BCUT2D eigenvalue weighted by Crippen LogP contribution is -2.59. The van der Waals surface area contributed by atoms with Crippen molar-refractivity contribution in [2.24, 2.45) is 22.2 Å². The van der Waals surface area contributed by atoms with E-state index in [-0.39, 0.29) is 56.9 Å². The first-order valence-electron chi connectivity index (χ1n) is 19.9. The number of aryl methyl sites for hydroxylation is 1. The van der Waals surface area contributed by atoms with Crippen molar-refractivity contribution in [2.45, 2.75) is 75.5 Å². The Morgan fingerprint density at radius 2 is 1.15 bits per heavy atom. The molecule has 60 heavy (non-hydrogen) atoms. The van der Waals surface area contributed by atoms with Gasteiger partial charge in [-0.2, -0.15) is 0 Å². The SMILES string of the molecule is NC(=O)[C@H](Cc1c[nH]c2ccccc12)NC(=O)[C@H](CCCN=C(N)N)NC(=O)[C@H](Cc1ccccc1)NC(=O)[C@H](Cc1ccc(Cl)cc1)NC(=O)CCCc1ccccc1. The number of benzene rings is 4. The van der Waals surface area contributed by atoms with Gasteiger partial charge in [0.2, 0.25) is 29.5 Å². The summed E-state index contributed by atoms with van der Waals surface area (Å²) in [6, 6.07) is 28.8. The van der Waals surface area contributed by atoms with E-state index in [9.17, 15) is 24.0 Å². The van der Waals surface area contributed by atoms with Crippen molar-refractivity contribution < 1.29 is 24.0 Å². The molecule has 0 spiro atoms. The number of guanidine groups is 1. The van der Waals surface area contributed by atoms with Gasteiger partial charge in [-0.05, 0) is 66.1 Å². The Balaban J connectivity index is 1.35. The number of nitrogens with zero attached hydrogens (tertiary/aromatic N) is 1. The number of rotatable bonds is 22. The van der Waals surface area contributed by atoms with E-state index in [0.29, 0.717) is 17.9 Å². The van der Waals surface area contributed by atoms with Crippen LogP contribution < -0.4 is 38.5 Å². The first-order valence-corrected chi connectivity index (χ1v) is 20.3. The number of para-hydroxylation sites is 1. The van der Waals surface area contributed by atoms with Gasteiger partial charge in [-0.25, -0.2) is 0 Å². The smallest absolute Gasteiger partial charge is 0.243 e. The number of carbonyl (C=O) groups is 5. The molecule has 314 valence electrons. The number of fused-ring (bicyclic) bond motifs is 1. The molecule has 1 heterocycles. The quantitative estimate of drug-likeness (QED) is 0.0294. The van der Waals surface area contributed by atoms with E-state index in [2.05, 4.69) is 31.2 Å². The van der Waals surface area contributed by atoms with E-state index in [1.54, 1.807) is 30.5 Å². The molecule has 4 aromatic carbocycles. The van der Waals surface area contributed by atoms with Crippen LogP contribution in [0, 0.1) is 0 Å². The van der Waals surface area contributed by atoms with Gasteiger partial charge in [-0.3, -0.25) is 29.0 Å². The van der Waals surface area contributed by atoms with Crippen LogP contribution in [0.15, 0.2) is 120 Å². The van der Waals surface area contributed by atoms with Gasteiger partial charge in [0.05, 0.1) is 0 Å². The summed E-state index contributed by atoms with van der Waals surface area (Å²) in [5.74, 6) is -3.14. The van der Waals surface area contributed by atoms with Crippen molar-refractivity contribution in [1.82, 2.24) is 26.3 Å². The molecule has 11 N–H and O–H groups in total. The highest BCUT2D eigenvalue weighted by Gasteiger charge is 2.31. The summed E-state index contributed by atoms with van der Waals surface area (Å²) in [6.45, 7) is 0.165. The Bertz CT molecular complexity index is 2230. The molecule has 5 amide bonds. The maximum absolute atomic E-state index is 14.3. The molecule has 0 aliphatic heterocycles. The van der Waals surface area contributed by atoms with Crippen molar-refractivity contribution in [3.8, 4) is 0 Å². The molecule has 0 bridgehead atoms. The number of nitrogens with one attached hydrogen (secondary N) is 5. The number of H-pyrrole nitrogens is 1. The first kappa shape index (κ1) is 44.4. The summed E-state index contributed by atoms with van der Waals surface area (Å²) >= 11 is 6.13. The molecule has 0 aliphatic carbocycles. The minimum absolute atomic E-state index is 0.0594. The van der Waals surface area contributed by atoms with Crippen LogP contribution in [0.4, 0.5) is 0 Å². The number of amides is 5. The number of carbonyl (C=O) groups excluding carboxylic acids is 5. The molecule has 14 nitrogen and oxygen atoms in total. The van der Waals surface area contributed by atoms with Crippen molar-refractivity contribution in [1.29, 1.82) is 0 Å². The fraction of sp³-hybridized carbons (Fsp3) is 0.289. The second kappa shape index (κ2) is 22.5. The average Bonchev–Trinajstić information content (AvgIpc) is 3.65. The van der Waals surface area contributed by atoms with Gasteiger partial charge in [0.15, 0.2) is 5.96 Å². The second-order valence-electron chi connectivity index (χ2n) is 14.6. The standard InChI is InChI=1S/C45H52ClN9O5/c46-33-22-20-31(21-23-33)26-38(52-40(56)19-9-15-29-11-3-1-4-12-29)43(59)55-39(25-30-13-5-2-6-14-30)44(60)53-36(18-10-24-50-45(48)49)42(58)54-37(41(47)57)27-32-28-51-35-17-8-7-16-34(32)35/h1-8,11-14,16-17,20-23,28,36-39,51H,9-10,15,18-19,24-27H2,(H2,47,57)(H,52,56)(H,53,60)(H,54,58)(H,55,59)(H4,48,49,50)/t36-,37-,38-,39-/m0/s1. The topological polar surface area (TPSA) is 240 Å². The average molecular weight is 834 g/mol. The predicted octanol–water partition coefficient (Wildman–Crippen LogP) is 3.35. The molecule has 15 heteroatoms. The Hall–Kier alpha value is -6.67. The monoisotopic (exact) mass is 833 g/mol. The zero-order chi connectivity index (χ0) is 42.9. The highest BCUT2D eigenvalue weighted by molar-refractivity contribution is 6.30. The molecule has 0 saturated carbocycles. The van der Waals surface area contributed by atoms with E-state index in [1.807, 2.05) is 84.9 Å². The lowest BCUT2D eigenvalue weighted by atomic mass is 10.0. The summed E-state index contributed by atoms with van der Waals surface area (Å²) in [5.41, 5.74) is 21.0. The number of hydrogen-bond donors (Lipinski definition) is 8. The van der Waals surface area contributed by atoms with Gasteiger partial charge in [0.1, 0.15) is 24.2 Å². The Kier molecular flexibility index (Phi) is 16.6. The van der Waals surface area contributed by atoms with E-state index >= 15 is 0 Å². The normalized spacial score (nSPS) is 12.9. The van der Waals surface area contributed by atoms with Crippen LogP contribution in [-0.4, -0.2) is 71.2 Å². The number of aliphatic imine (C=N–C) groups is 1. The molecule has 0 fully saturated rings. The van der Waals surface area contributed by atoms with Crippen LogP contribution >= 0.6 is 11.6 Å². The molecule has 4 atom stereocenters. The number of halogens is 1. The van der Waals surface area contributed by atoms with Gasteiger partial charge in [0, 0.05) is 54.4 Å². The molecule has 0 aliphatic rings. The molecule has 1 aromatic heterocycles. The number of aromatic nitrogens is 1. The zero-order valence-corrected chi connectivity index (χ0v) is 34.0. The molecular formula is C45H52ClN9O5. The Labute approximate surface area is 354 Å². The lowest BCUT2D eigenvalue weighted by Gasteiger charge is -2.26. The minimum Gasteiger partial charge on any atom is -0.370 e. The van der Waals surface area contributed by atoms with Crippen molar-refractivity contribution >= 4 is 58.0 Å². The largest absolute Gasteiger partial charge is 0.370 e. The summed E-state index contributed by atoms with van der Waals surface area (Å²) < 4.78 is 0. The Morgan fingerprint density at radius 1 is 0.600 bits per heavy atom. The fourth-order valence-corrected chi connectivity index (χ4v) is 6.95. The molecule has 5 rings (SSSR count). The summed E-state index contributed by atoms with van der Waals surface area (Å²) in [5, 5.41) is 12.7. The van der Waals surface area contributed by atoms with E-state index in [1.165, 1.54) is 0 Å². The highest BCUT2D eigenvalue weighted by Crippen LogP contribution is 2.19. The molecule has 0 unspecified atom stereocenters. The summed E-state index contributed by atoms with van der Waals surface area (Å²) in [7, 11) is 0. The third-order valence-corrected chi connectivity index (χ3v) is 10.2. The van der Waals surface area contributed by atoms with E-state index in [0.717, 1.165) is 33.2 Å². The first-order chi connectivity index (χ1) is 28.9. The van der Waals surface area contributed by atoms with E-state index in [4.69, 9.17) is 28.8 Å². The van der Waals surface area contributed by atoms with Crippen molar-refractivity contribution in [2.75, 3.05) is 6.54 Å². The van der Waals surface area contributed by atoms with Gasteiger partial charge < -0.3 is 43.5 Å². The third kappa shape index (κ3) is 14.0. The molecule has 0 saturated heterocycles. The number of primary amides is 1. The summed E-state index contributed by atoms with van der Waals surface area (Å²) in [4.78, 5) is 75.6. The van der Waals surface area contributed by atoms with Gasteiger partial charge in [-0.15, -0.1) is 0 Å². The van der Waals surface area contributed by atoms with Gasteiger partial charge in [0.25, 0.3) is 0 Å². The predicted molar refractivity (Wildman–Crippen MR) is 234 cm³/mol. The Morgan fingerprint density at radius 3 is 1.80 bits per heavy atom. The van der Waals surface area contributed by atoms with Crippen molar-refractivity contribution in [3.05, 3.63) is 143 Å². The van der Waals surface area contributed by atoms with Crippen molar-refractivity contribution in [3.63, 3.8) is 0 Å². The fourth-order valence-electron chi connectivity index (χ4n) is 6.82. The van der Waals surface area contributed by atoms with Crippen LogP contribution in [0.25, 0.3) is 10.9 Å². The minimum atomic E-state index is -1.19. The molecule has 0 radical (unpaired) electrons. The van der Waals surface area contributed by atoms with Crippen LogP contribution in [0.1, 0.15) is 47.9 Å². The third-order valence-electron chi connectivity index (χ3n) is 9.97. The van der Waals surface area contributed by atoms with Crippen LogP contribution in [-0.2, 0) is 49.7 Å². The second-order valence-corrected chi connectivity index (χ2v) is 15.0. The zero-order valence-electron chi connectivity index (χ0n) is 33.2. The van der Waals surface area contributed by atoms with Gasteiger partial charge in [-0.1, -0.05) is 103 Å². The maximum Gasteiger partial charge on any atom is 0.243 e.